The van der Waals surface area contributed by atoms with Gasteiger partial charge in [-0.05, 0) is 48.7 Å². The molecule has 3 aromatic rings. The van der Waals surface area contributed by atoms with Crippen LogP contribution in [0.5, 0.6) is 0 Å². The number of sulfone groups is 1. The molecule has 0 saturated carbocycles. The Labute approximate surface area is 171 Å². The fraction of sp³-hybridized carbons (Fsp3) is 0.238. The number of aryl methyl sites for hydroxylation is 2. The van der Waals surface area contributed by atoms with Gasteiger partial charge in [-0.2, -0.15) is 0 Å². The van der Waals surface area contributed by atoms with Crippen LogP contribution in [0, 0.1) is 6.92 Å². The monoisotopic (exact) mass is 413 g/mol. The van der Waals surface area contributed by atoms with Gasteiger partial charge >= 0.3 is 0 Å². The van der Waals surface area contributed by atoms with Crippen LogP contribution >= 0.6 is 0 Å². The van der Waals surface area contributed by atoms with Gasteiger partial charge in [-0.25, -0.2) is 18.4 Å². The van der Waals surface area contributed by atoms with E-state index in [0.29, 0.717) is 17.4 Å². The zero-order valence-electron chi connectivity index (χ0n) is 16.9. The summed E-state index contributed by atoms with van der Waals surface area (Å²) >= 11 is 0. The lowest BCUT2D eigenvalue weighted by Crippen LogP contribution is -2.04. The molecular formula is C21H27N5O2S. The Balaban J connectivity index is 0.00000300. The van der Waals surface area contributed by atoms with Crippen LogP contribution < -0.4 is 17.2 Å². The summed E-state index contributed by atoms with van der Waals surface area (Å²) in [6.07, 6.45) is 1.99. The number of hydrogen-bond acceptors (Lipinski definition) is 7. The molecule has 0 unspecified atom stereocenters. The zero-order valence-corrected chi connectivity index (χ0v) is 17.8. The molecule has 0 aliphatic rings. The molecular weight excluding hydrogens is 386 g/mol. The number of aromatic nitrogens is 2. The number of nitrogen functional groups attached to an aromatic ring is 1. The highest BCUT2D eigenvalue weighted by atomic mass is 32.2. The molecule has 0 amide bonds. The molecule has 0 aliphatic carbocycles. The molecule has 0 aliphatic heterocycles. The Morgan fingerprint density at radius 2 is 1.62 bits per heavy atom. The first-order valence-corrected chi connectivity index (χ1v) is 10.9. The van der Waals surface area contributed by atoms with Crippen molar-refractivity contribution in [3.05, 3.63) is 65.5 Å². The Morgan fingerprint density at radius 3 is 2.17 bits per heavy atom. The third-order valence-corrected chi connectivity index (χ3v) is 5.67. The Morgan fingerprint density at radius 1 is 1.00 bits per heavy atom. The summed E-state index contributed by atoms with van der Waals surface area (Å²) in [6, 6.07) is 15.0. The van der Waals surface area contributed by atoms with E-state index in [-0.39, 0.29) is 6.15 Å². The molecule has 6 N–H and O–H groups in total. The topological polar surface area (TPSA) is 133 Å². The Kier molecular flexibility index (Phi) is 6.94. The minimum atomic E-state index is -3.17. The van der Waals surface area contributed by atoms with Gasteiger partial charge in [0.15, 0.2) is 9.84 Å². The van der Waals surface area contributed by atoms with Gasteiger partial charge in [0.2, 0.25) is 5.95 Å². The van der Waals surface area contributed by atoms with Gasteiger partial charge in [-0.1, -0.05) is 31.2 Å². The molecule has 0 saturated heterocycles. The molecule has 0 radical (unpaired) electrons. The van der Waals surface area contributed by atoms with E-state index in [2.05, 4.69) is 22.2 Å². The molecule has 3 rings (SSSR count). The lowest BCUT2D eigenvalue weighted by atomic mass is 10.0. The first-order chi connectivity index (χ1) is 13.3. The van der Waals surface area contributed by atoms with Crippen molar-refractivity contribution >= 4 is 21.5 Å². The molecule has 2 aromatic carbocycles. The quantitative estimate of drug-likeness (QED) is 0.560. The molecule has 29 heavy (non-hydrogen) atoms. The number of hydrogen-bond donors (Lipinski definition) is 3. The van der Waals surface area contributed by atoms with E-state index in [1.54, 1.807) is 12.1 Å². The van der Waals surface area contributed by atoms with Gasteiger partial charge in [0.05, 0.1) is 16.3 Å². The highest BCUT2D eigenvalue weighted by Crippen LogP contribution is 2.27. The molecule has 1 aromatic heterocycles. The highest BCUT2D eigenvalue weighted by molar-refractivity contribution is 7.90. The van der Waals surface area contributed by atoms with Gasteiger partial charge in [0, 0.05) is 24.1 Å². The van der Waals surface area contributed by atoms with E-state index in [1.165, 1.54) is 6.26 Å². The second-order valence-electron chi connectivity index (χ2n) is 6.69. The maximum absolute atomic E-state index is 11.5. The molecule has 1 heterocycles. The lowest BCUT2D eigenvalue weighted by molar-refractivity contribution is 0.602. The van der Waals surface area contributed by atoms with Crippen molar-refractivity contribution in [3.8, 4) is 11.1 Å². The van der Waals surface area contributed by atoms with Crippen LogP contribution in [-0.4, -0.2) is 24.6 Å². The van der Waals surface area contributed by atoms with Crippen molar-refractivity contribution in [1.82, 2.24) is 16.1 Å². The maximum atomic E-state index is 11.5. The standard InChI is InChI=1S/C21H24N4O2S.H3N/c1-4-19-20(14(2)24-21(22)25-19)16-7-9-17(10-8-16)23-13-15-5-11-18(12-6-15)28(3,26)27;/h5-12,23H,4,13H2,1-3H3,(H2,22,24,25);1H3. The molecule has 8 heteroatoms. The molecule has 0 fully saturated rings. The Hall–Kier alpha value is -2.97. The summed E-state index contributed by atoms with van der Waals surface area (Å²) in [5, 5.41) is 3.35. The second kappa shape index (κ2) is 9.02. The summed E-state index contributed by atoms with van der Waals surface area (Å²) in [4.78, 5) is 8.98. The number of rotatable bonds is 6. The SMILES string of the molecule is CCc1nc(N)nc(C)c1-c1ccc(NCc2ccc(S(C)(=O)=O)cc2)cc1.N. The average Bonchev–Trinajstić information content (AvgIpc) is 2.66. The van der Waals surface area contributed by atoms with Crippen molar-refractivity contribution in [3.63, 3.8) is 0 Å². The van der Waals surface area contributed by atoms with Gasteiger partial charge in [0.1, 0.15) is 0 Å². The number of nitrogens with two attached hydrogens (primary N) is 1. The van der Waals surface area contributed by atoms with Crippen LogP contribution in [0.3, 0.4) is 0 Å². The predicted octanol–water partition coefficient (Wildman–Crippen LogP) is 3.77. The molecule has 0 spiro atoms. The largest absolute Gasteiger partial charge is 0.381 e. The summed E-state index contributed by atoms with van der Waals surface area (Å²) in [5.41, 5.74) is 11.6. The number of benzene rings is 2. The van der Waals surface area contributed by atoms with Crippen LogP contribution in [-0.2, 0) is 22.8 Å². The molecule has 0 atom stereocenters. The third-order valence-electron chi connectivity index (χ3n) is 4.54. The van der Waals surface area contributed by atoms with Crippen LogP contribution in [0.1, 0.15) is 23.9 Å². The average molecular weight is 414 g/mol. The van der Waals surface area contributed by atoms with Crippen molar-refractivity contribution in [2.45, 2.75) is 31.7 Å². The fourth-order valence-corrected chi connectivity index (χ4v) is 3.73. The van der Waals surface area contributed by atoms with Gasteiger partial charge in [0.25, 0.3) is 0 Å². The highest BCUT2D eigenvalue weighted by Gasteiger charge is 2.11. The summed E-state index contributed by atoms with van der Waals surface area (Å²) < 4.78 is 23.1. The van der Waals surface area contributed by atoms with Crippen LogP contribution in [0.4, 0.5) is 11.6 Å². The predicted molar refractivity (Wildman–Crippen MR) is 118 cm³/mol. The summed E-state index contributed by atoms with van der Waals surface area (Å²) in [7, 11) is -3.17. The van der Waals surface area contributed by atoms with Crippen LogP contribution in [0.15, 0.2) is 53.4 Å². The molecule has 154 valence electrons. The third kappa shape index (κ3) is 5.30. The van der Waals surface area contributed by atoms with Crippen LogP contribution in [0.2, 0.25) is 0 Å². The normalized spacial score (nSPS) is 11.0. The van der Waals surface area contributed by atoms with E-state index in [9.17, 15) is 8.42 Å². The van der Waals surface area contributed by atoms with Crippen molar-refractivity contribution in [2.24, 2.45) is 0 Å². The van der Waals surface area contributed by atoms with Crippen molar-refractivity contribution < 1.29 is 8.42 Å². The molecule has 0 bridgehead atoms. The van der Waals surface area contributed by atoms with Crippen LogP contribution in [0.25, 0.3) is 11.1 Å². The first kappa shape index (κ1) is 22.3. The Bertz CT molecular complexity index is 1080. The van der Waals surface area contributed by atoms with E-state index in [1.807, 2.05) is 43.3 Å². The van der Waals surface area contributed by atoms with Gasteiger partial charge < -0.3 is 17.2 Å². The lowest BCUT2D eigenvalue weighted by Gasteiger charge is -2.12. The van der Waals surface area contributed by atoms with Crippen molar-refractivity contribution in [1.29, 1.82) is 0 Å². The first-order valence-electron chi connectivity index (χ1n) is 9.04. The van der Waals surface area contributed by atoms with E-state index < -0.39 is 9.84 Å². The van der Waals surface area contributed by atoms with Crippen molar-refractivity contribution in [2.75, 3.05) is 17.3 Å². The van der Waals surface area contributed by atoms with E-state index in [4.69, 9.17) is 5.73 Å². The number of nitrogens with zero attached hydrogens (tertiary/aromatic N) is 2. The van der Waals surface area contributed by atoms with E-state index in [0.717, 1.165) is 40.2 Å². The van der Waals surface area contributed by atoms with E-state index >= 15 is 0 Å². The fourth-order valence-electron chi connectivity index (χ4n) is 3.10. The minimum Gasteiger partial charge on any atom is -0.381 e. The summed E-state index contributed by atoms with van der Waals surface area (Å²) in [5.74, 6) is 0.304. The van der Waals surface area contributed by atoms with Gasteiger partial charge in [-0.3, -0.25) is 0 Å². The molecule has 7 nitrogen and oxygen atoms in total. The number of anilines is 2. The summed E-state index contributed by atoms with van der Waals surface area (Å²) in [6.45, 7) is 4.60. The number of nitrogens with one attached hydrogen (secondary N) is 1. The zero-order chi connectivity index (χ0) is 20.3. The smallest absolute Gasteiger partial charge is 0.220 e. The second-order valence-corrected chi connectivity index (χ2v) is 8.71. The minimum absolute atomic E-state index is 0. The van der Waals surface area contributed by atoms with Gasteiger partial charge in [-0.15, -0.1) is 0 Å². The maximum Gasteiger partial charge on any atom is 0.220 e.